The summed E-state index contributed by atoms with van der Waals surface area (Å²) in [7, 11) is 0. The maximum atomic E-state index is 12.2. The number of hydrazone groups is 1. The molecule has 5 nitrogen and oxygen atoms in total. The van der Waals surface area contributed by atoms with Crippen molar-refractivity contribution in [2.45, 2.75) is 25.8 Å². The second kappa shape index (κ2) is 6.28. The molecule has 1 aromatic heterocycles. The van der Waals surface area contributed by atoms with Gasteiger partial charge in [-0.25, -0.2) is 10.4 Å². The Labute approximate surface area is 140 Å². The van der Waals surface area contributed by atoms with Crippen LogP contribution < -0.4 is 5.43 Å². The van der Waals surface area contributed by atoms with Gasteiger partial charge in [-0.2, -0.15) is 5.10 Å². The molecular weight excluding hydrogens is 300 g/mol. The summed E-state index contributed by atoms with van der Waals surface area (Å²) in [5.74, 6) is -0.145. The van der Waals surface area contributed by atoms with Crippen LogP contribution in [0.15, 0.2) is 60.0 Å². The number of carbonyl (C=O) groups is 1. The second-order valence-electron chi connectivity index (χ2n) is 5.97. The first-order chi connectivity index (χ1) is 11.8. The van der Waals surface area contributed by atoms with Crippen molar-refractivity contribution < 1.29 is 4.79 Å². The molecule has 1 heterocycles. The lowest BCUT2D eigenvalue weighted by Gasteiger charge is -2.17. The molecule has 1 aliphatic rings. The van der Waals surface area contributed by atoms with Crippen LogP contribution in [0.1, 0.15) is 24.0 Å². The Hall–Kier alpha value is -2.95. The summed E-state index contributed by atoms with van der Waals surface area (Å²) >= 11 is 0. The van der Waals surface area contributed by atoms with Crippen molar-refractivity contribution in [2.24, 2.45) is 5.10 Å². The van der Waals surface area contributed by atoms with Gasteiger partial charge in [0.05, 0.1) is 23.1 Å². The summed E-state index contributed by atoms with van der Waals surface area (Å²) in [6.07, 6.45) is 4.72. The van der Waals surface area contributed by atoms with Gasteiger partial charge >= 0.3 is 0 Å². The van der Waals surface area contributed by atoms with Gasteiger partial charge in [0.15, 0.2) is 0 Å². The maximum Gasteiger partial charge on any atom is 0.260 e. The van der Waals surface area contributed by atoms with E-state index in [9.17, 15) is 4.79 Å². The Morgan fingerprint density at radius 3 is 2.92 bits per heavy atom. The Balaban J connectivity index is 1.49. The third kappa shape index (κ3) is 2.80. The van der Waals surface area contributed by atoms with Crippen molar-refractivity contribution in [1.82, 2.24) is 15.0 Å². The number of aromatic nitrogens is 2. The lowest BCUT2D eigenvalue weighted by atomic mass is 9.90. The van der Waals surface area contributed by atoms with Crippen LogP contribution in [0.2, 0.25) is 0 Å². The molecule has 0 bridgehead atoms. The molecule has 120 valence electrons. The monoisotopic (exact) mass is 318 g/mol. The van der Waals surface area contributed by atoms with Crippen molar-refractivity contribution in [2.75, 3.05) is 0 Å². The van der Waals surface area contributed by atoms with Gasteiger partial charge in [-0.15, -0.1) is 0 Å². The number of hydrogen-bond acceptors (Lipinski definition) is 3. The smallest absolute Gasteiger partial charge is 0.260 e. The molecule has 24 heavy (non-hydrogen) atoms. The number of carbonyl (C=O) groups excluding carboxylic acids is 1. The Morgan fingerprint density at radius 2 is 1.96 bits per heavy atom. The summed E-state index contributed by atoms with van der Waals surface area (Å²) < 4.78 is 1.83. The minimum absolute atomic E-state index is 0.145. The Bertz CT molecular complexity index is 926. The third-order valence-electron chi connectivity index (χ3n) is 4.34. The van der Waals surface area contributed by atoms with Gasteiger partial charge in [-0.1, -0.05) is 36.4 Å². The average molecular weight is 318 g/mol. The van der Waals surface area contributed by atoms with E-state index < -0.39 is 0 Å². The molecular formula is C19H18N4O. The zero-order chi connectivity index (χ0) is 16.4. The molecule has 0 spiro atoms. The van der Waals surface area contributed by atoms with E-state index in [1.165, 1.54) is 5.56 Å². The van der Waals surface area contributed by atoms with Gasteiger partial charge in [0.1, 0.15) is 6.54 Å². The van der Waals surface area contributed by atoms with Gasteiger partial charge in [0.25, 0.3) is 5.91 Å². The Morgan fingerprint density at radius 1 is 1.12 bits per heavy atom. The van der Waals surface area contributed by atoms with Gasteiger partial charge in [0.2, 0.25) is 0 Å². The van der Waals surface area contributed by atoms with E-state index in [1.54, 1.807) is 6.33 Å². The van der Waals surface area contributed by atoms with E-state index >= 15 is 0 Å². The molecule has 1 N–H and O–H groups in total. The minimum atomic E-state index is -0.145. The molecule has 0 atom stereocenters. The number of hydrogen-bond donors (Lipinski definition) is 1. The molecule has 2 aromatic carbocycles. The molecule has 4 rings (SSSR count). The predicted octanol–water partition coefficient (Wildman–Crippen LogP) is 2.89. The molecule has 0 saturated carbocycles. The van der Waals surface area contributed by atoms with E-state index in [0.29, 0.717) is 0 Å². The SMILES string of the molecule is O=C(Cn1cnc2ccccc21)NN=C1CCCc2ccccc21. The fourth-order valence-electron chi connectivity index (χ4n) is 3.17. The fourth-order valence-corrected chi connectivity index (χ4v) is 3.17. The van der Waals surface area contributed by atoms with Crippen LogP contribution in [0.3, 0.4) is 0 Å². The van der Waals surface area contributed by atoms with Gasteiger partial charge in [0, 0.05) is 5.56 Å². The van der Waals surface area contributed by atoms with Gasteiger partial charge in [-0.3, -0.25) is 4.79 Å². The van der Waals surface area contributed by atoms with Crippen LogP contribution >= 0.6 is 0 Å². The van der Waals surface area contributed by atoms with E-state index in [-0.39, 0.29) is 12.5 Å². The zero-order valence-electron chi connectivity index (χ0n) is 13.3. The molecule has 0 fully saturated rings. The molecule has 0 radical (unpaired) electrons. The first-order valence-electron chi connectivity index (χ1n) is 8.15. The lowest BCUT2D eigenvalue weighted by Crippen LogP contribution is -2.25. The number of benzene rings is 2. The van der Waals surface area contributed by atoms with Crippen molar-refractivity contribution in [3.63, 3.8) is 0 Å². The largest absolute Gasteiger partial charge is 0.321 e. The topological polar surface area (TPSA) is 59.3 Å². The number of rotatable bonds is 3. The maximum absolute atomic E-state index is 12.2. The van der Waals surface area contributed by atoms with Crippen LogP contribution in [0, 0.1) is 0 Å². The van der Waals surface area contributed by atoms with Crippen LogP contribution in [0.25, 0.3) is 11.0 Å². The quantitative estimate of drug-likeness (QED) is 0.755. The molecule has 0 aliphatic heterocycles. The summed E-state index contributed by atoms with van der Waals surface area (Å²) in [5.41, 5.74) is 7.94. The first kappa shape index (κ1) is 14.6. The summed E-state index contributed by atoms with van der Waals surface area (Å²) in [5, 5.41) is 4.37. The molecule has 0 saturated heterocycles. The average Bonchev–Trinajstić information content (AvgIpc) is 3.03. The van der Waals surface area contributed by atoms with Crippen LogP contribution in [-0.2, 0) is 17.8 Å². The normalized spacial score (nSPS) is 15.4. The van der Waals surface area contributed by atoms with Crippen molar-refractivity contribution in [3.05, 3.63) is 66.0 Å². The Kier molecular flexibility index (Phi) is 3.83. The van der Waals surface area contributed by atoms with Crippen molar-refractivity contribution in [1.29, 1.82) is 0 Å². The van der Waals surface area contributed by atoms with Crippen molar-refractivity contribution >= 4 is 22.7 Å². The molecule has 0 unspecified atom stereocenters. The van der Waals surface area contributed by atoms with E-state index in [0.717, 1.165) is 41.6 Å². The number of amides is 1. The molecule has 5 heteroatoms. The van der Waals surface area contributed by atoms with Crippen LogP contribution in [0.4, 0.5) is 0 Å². The highest BCUT2D eigenvalue weighted by molar-refractivity contribution is 6.03. The van der Waals surface area contributed by atoms with Crippen LogP contribution in [0.5, 0.6) is 0 Å². The summed E-state index contributed by atoms with van der Waals surface area (Å²) in [4.78, 5) is 16.5. The molecule has 1 amide bonds. The van der Waals surface area contributed by atoms with Crippen molar-refractivity contribution in [3.8, 4) is 0 Å². The highest BCUT2D eigenvalue weighted by Crippen LogP contribution is 2.21. The standard InChI is InChI=1S/C19H18N4O/c24-19(12-23-13-20-17-9-3-4-11-18(17)23)22-21-16-10-5-7-14-6-1-2-8-15(14)16/h1-4,6,8-9,11,13H,5,7,10,12H2,(H,22,24). The summed E-state index contributed by atoms with van der Waals surface area (Å²) in [6.45, 7) is 0.207. The lowest BCUT2D eigenvalue weighted by molar-refractivity contribution is -0.121. The fraction of sp³-hybridized carbons (Fsp3) is 0.211. The van der Waals surface area contributed by atoms with E-state index in [4.69, 9.17) is 0 Å². The van der Waals surface area contributed by atoms with E-state index in [2.05, 4.69) is 27.6 Å². The van der Waals surface area contributed by atoms with Gasteiger partial charge < -0.3 is 4.57 Å². The number of nitrogens with one attached hydrogen (secondary N) is 1. The van der Waals surface area contributed by atoms with Gasteiger partial charge in [-0.05, 0) is 37.0 Å². The minimum Gasteiger partial charge on any atom is -0.321 e. The number of para-hydroxylation sites is 2. The number of fused-ring (bicyclic) bond motifs is 2. The second-order valence-corrected chi connectivity index (χ2v) is 5.97. The number of aryl methyl sites for hydroxylation is 1. The summed E-state index contributed by atoms with van der Waals surface area (Å²) in [6, 6.07) is 16.0. The number of nitrogens with zero attached hydrogens (tertiary/aromatic N) is 3. The third-order valence-corrected chi connectivity index (χ3v) is 4.34. The molecule has 3 aromatic rings. The van der Waals surface area contributed by atoms with E-state index in [1.807, 2.05) is 41.0 Å². The molecule has 1 aliphatic carbocycles. The van der Waals surface area contributed by atoms with Crippen LogP contribution in [-0.4, -0.2) is 21.2 Å². The first-order valence-corrected chi connectivity index (χ1v) is 8.15. The predicted molar refractivity (Wildman–Crippen MR) is 93.8 cm³/mol. The number of imidazole rings is 1. The highest BCUT2D eigenvalue weighted by Gasteiger charge is 2.15. The highest BCUT2D eigenvalue weighted by atomic mass is 16.2. The zero-order valence-corrected chi connectivity index (χ0v) is 13.3.